The standard InChI is InChI=1S/C14H23N3O/c1-5-10-17(4)14(18)15-11-12-6-8-13(9-7-12)16(2)3/h6-9H,5,10-11H2,1-4H3,(H,15,18). The molecule has 4 nitrogen and oxygen atoms in total. The van der Waals surface area contributed by atoms with Crippen molar-refractivity contribution in [2.24, 2.45) is 0 Å². The Morgan fingerprint density at radius 3 is 2.28 bits per heavy atom. The van der Waals surface area contributed by atoms with Crippen molar-refractivity contribution in [1.82, 2.24) is 10.2 Å². The molecule has 0 unspecified atom stereocenters. The number of anilines is 1. The van der Waals surface area contributed by atoms with Crippen LogP contribution in [0.2, 0.25) is 0 Å². The van der Waals surface area contributed by atoms with Crippen molar-refractivity contribution in [2.45, 2.75) is 19.9 Å². The van der Waals surface area contributed by atoms with E-state index in [1.54, 1.807) is 4.90 Å². The molecule has 100 valence electrons. The number of hydrogen-bond acceptors (Lipinski definition) is 2. The summed E-state index contributed by atoms with van der Waals surface area (Å²) in [4.78, 5) is 15.4. The van der Waals surface area contributed by atoms with Gasteiger partial charge in [-0.05, 0) is 24.1 Å². The number of nitrogens with zero attached hydrogens (tertiary/aromatic N) is 2. The molecule has 4 heteroatoms. The Kier molecular flexibility index (Phi) is 5.49. The van der Waals surface area contributed by atoms with Gasteiger partial charge in [0.1, 0.15) is 0 Å². The third kappa shape index (κ3) is 4.28. The number of carbonyl (C=O) groups excluding carboxylic acids is 1. The van der Waals surface area contributed by atoms with Gasteiger partial charge in [-0.15, -0.1) is 0 Å². The van der Waals surface area contributed by atoms with E-state index in [0.717, 1.165) is 24.2 Å². The number of urea groups is 1. The summed E-state index contributed by atoms with van der Waals surface area (Å²) in [6, 6.07) is 8.16. The third-order valence-corrected chi connectivity index (χ3v) is 2.80. The van der Waals surface area contributed by atoms with Crippen molar-refractivity contribution in [3.8, 4) is 0 Å². The molecule has 1 rings (SSSR count). The van der Waals surface area contributed by atoms with E-state index in [-0.39, 0.29) is 6.03 Å². The molecule has 18 heavy (non-hydrogen) atoms. The number of hydrogen-bond donors (Lipinski definition) is 1. The minimum Gasteiger partial charge on any atom is -0.378 e. The number of amides is 2. The van der Waals surface area contributed by atoms with Crippen molar-refractivity contribution in [3.05, 3.63) is 29.8 Å². The molecule has 0 bridgehead atoms. The maximum absolute atomic E-state index is 11.7. The van der Waals surface area contributed by atoms with Crippen molar-refractivity contribution in [2.75, 3.05) is 32.6 Å². The molecule has 1 aromatic carbocycles. The normalized spacial score (nSPS) is 10.0. The van der Waals surface area contributed by atoms with Gasteiger partial charge >= 0.3 is 6.03 Å². The van der Waals surface area contributed by atoms with Gasteiger partial charge in [0.15, 0.2) is 0 Å². The van der Waals surface area contributed by atoms with Crippen LogP contribution in [0.15, 0.2) is 24.3 Å². The smallest absolute Gasteiger partial charge is 0.317 e. The fraction of sp³-hybridized carbons (Fsp3) is 0.500. The van der Waals surface area contributed by atoms with Crippen LogP contribution < -0.4 is 10.2 Å². The van der Waals surface area contributed by atoms with E-state index in [1.165, 1.54) is 0 Å². The molecule has 2 amide bonds. The van der Waals surface area contributed by atoms with E-state index >= 15 is 0 Å². The van der Waals surface area contributed by atoms with Gasteiger partial charge in [0.05, 0.1) is 0 Å². The quantitative estimate of drug-likeness (QED) is 0.869. The fourth-order valence-electron chi connectivity index (χ4n) is 1.66. The molecule has 0 aromatic heterocycles. The van der Waals surface area contributed by atoms with E-state index in [0.29, 0.717) is 6.54 Å². The largest absolute Gasteiger partial charge is 0.378 e. The van der Waals surface area contributed by atoms with Crippen LogP contribution >= 0.6 is 0 Å². The predicted octanol–water partition coefficient (Wildman–Crippen LogP) is 2.30. The van der Waals surface area contributed by atoms with Crippen LogP contribution in [-0.4, -0.2) is 38.6 Å². The number of carbonyl (C=O) groups is 1. The first-order valence-electron chi connectivity index (χ1n) is 6.29. The molecule has 0 spiro atoms. The summed E-state index contributed by atoms with van der Waals surface area (Å²) in [5.41, 5.74) is 2.27. The van der Waals surface area contributed by atoms with E-state index < -0.39 is 0 Å². The van der Waals surface area contributed by atoms with Gasteiger partial charge in [0.25, 0.3) is 0 Å². The lowest BCUT2D eigenvalue weighted by Crippen LogP contribution is -2.37. The van der Waals surface area contributed by atoms with E-state index in [1.807, 2.05) is 33.3 Å². The van der Waals surface area contributed by atoms with Crippen LogP contribution in [0.1, 0.15) is 18.9 Å². The first-order chi connectivity index (χ1) is 8.54. The summed E-state index contributed by atoms with van der Waals surface area (Å²) in [7, 11) is 5.83. The van der Waals surface area contributed by atoms with E-state index in [9.17, 15) is 4.79 Å². The Labute approximate surface area is 110 Å². The van der Waals surface area contributed by atoms with E-state index in [4.69, 9.17) is 0 Å². The highest BCUT2D eigenvalue weighted by Gasteiger charge is 2.06. The van der Waals surface area contributed by atoms with Gasteiger partial charge in [-0.1, -0.05) is 19.1 Å². The van der Waals surface area contributed by atoms with Crippen molar-refractivity contribution >= 4 is 11.7 Å². The summed E-state index contributed by atoms with van der Waals surface area (Å²) in [5.74, 6) is 0. The predicted molar refractivity (Wildman–Crippen MR) is 75.9 cm³/mol. The van der Waals surface area contributed by atoms with Gasteiger partial charge in [0, 0.05) is 39.9 Å². The summed E-state index contributed by atoms with van der Waals surface area (Å²) in [6.45, 7) is 3.41. The zero-order chi connectivity index (χ0) is 13.5. The lowest BCUT2D eigenvalue weighted by molar-refractivity contribution is 0.208. The van der Waals surface area contributed by atoms with Crippen LogP contribution in [0.5, 0.6) is 0 Å². The Morgan fingerprint density at radius 1 is 1.17 bits per heavy atom. The average molecular weight is 249 g/mol. The van der Waals surface area contributed by atoms with Crippen LogP contribution in [0.4, 0.5) is 10.5 Å². The fourth-order valence-corrected chi connectivity index (χ4v) is 1.66. The van der Waals surface area contributed by atoms with Gasteiger partial charge in [0.2, 0.25) is 0 Å². The molecule has 0 aliphatic carbocycles. The van der Waals surface area contributed by atoms with Crippen molar-refractivity contribution < 1.29 is 4.79 Å². The summed E-state index contributed by atoms with van der Waals surface area (Å²) in [6.07, 6.45) is 0.974. The Bertz CT molecular complexity index is 373. The van der Waals surface area contributed by atoms with Gasteiger partial charge in [-0.3, -0.25) is 0 Å². The number of nitrogens with one attached hydrogen (secondary N) is 1. The molecule has 0 heterocycles. The SMILES string of the molecule is CCCN(C)C(=O)NCc1ccc(N(C)C)cc1. The van der Waals surface area contributed by atoms with Gasteiger partial charge in [-0.2, -0.15) is 0 Å². The van der Waals surface area contributed by atoms with E-state index in [2.05, 4.69) is 29.3 Å². The zero-order valence-corrected chi connectivity index (χ0v) is 11.7. The Balaban J connectivity index is 2.46. The molecular weight excluding hydrogens is 226 g/mol. The highest BCUT2D eigenvalue weighted by molar-refractivity contribution is 5.73. The maximum atomic E-state index is 11.7. The maximum Gasteiger partial charge on any atom is 0.317 e. The molecule has 0 aliphatic rings. The van der Waals surface area contributed by atoms with Crippen LogP contribution in [-0.2, 0) is 6.54 Å². The van der Waals surface area contributed by atoms with Gasteiger partial charge < -0.3 is 15.1 Å². The molecule has 0 saturated carbocycles. The molecule has 0 saturated heterocycles. The second kappa shape index (κ2) is 6.89. The molecule has 0 atom stereocenters. The van der Waals surface area contributed by atoms with Crippen molar-refractivity contribution in [3.63, 3.8) is 0 Å². The Hall–Kier alpha value is -1.71. The minimum atomic E-state index is -0.0199. The second-order valence-corrected chi connectivity index (χ2v) is 4.64. The Morgan fingerprint density at radius 2 is 1.78 bits per heavy atom. The average Bonchev–Trinajstić information content (AvgIpc) is 2.36. The lowest BCUT2D eigenvalue weighted by atomic mass is 10.2. The highest BCUT2D eigenvalue weighted by Crippen LogP contribution is 2.11. The first-order valence-corrected chi connectivity index (χ1v) is 6.29. The number of rotatable bonds is 5. The molecule has 0 aliphatic heterocycles. The summed E-state index contributed by atoms with van der Waals surface area (Å²) < 4.78 is 0. The first kappa shape index (κ1) is 14.4. The summed E-state index contributed by atoms with van der Waals surface area (Å²) in [5, 5.41) is 2.91. The molecule has 0 radical (unpaired) electrons. The second-order valence-electron chi connectivity index (χ2n) is 4.64. The van der Waals surface area contributed by atoms with Crippen molar-refractivity contribution in [1.29, 1.82) is 0 Å². The van der Waals surface area contributed by atoms with Crippen LogP contribution in [0.3, 0.4) is 0 Å². The molecular formula is C14H23N3O. The third-order valence-electron chi connectivity index (χ3n) is 2.80. The number of benzene rings is 1. The van der Waals surface area contributed by atoms with Crippen LogP contribution in [0, 0.1) is 0 Å². The van der Waals surface area contributed by atoms with Crippen LogP contribution in [0.25, 0.3) is 0 Å². The molecule has 1 N–H and O–H groups in total. The molecule has 1 aromatic rings. The zero-order valence-electron chi connectivity index (χ0n) is 11.7. The van der Waals surface area contributed by atoms with Gasteiger partial charge in [-0.25, -0.2) is 4.79 Å². The molecule has 0 fully saturated rings. The highest BCUT2D eigenvalue weighted by atomic mass is 16.2. The minimum absolute atomic E-state index is 0.0199. The topological polar surface area (TPSA) is 35.6 Å². The monoisotopic (exact) mass is 249 g/mol. The lowest BCUT2D eigenvalue weighted by Gasteiger charge is -2.17. The summed E-state index contributed by atoms with van der Waals surface area (Å²) >= 11 is 0.